The summed E-state index contributed by atoms with van der Waals surface area (Å²) in [5.41, 5.74) is 3.83. The molecule has 0 atom stereocenters. The predicted octanol–water partition coefficient (Wildman–Crippen LogP) is 4.48. The van der Waals surface area contributed by atoms with Gasteiger partial charge in [-0.15, -0.1) is 0 Å². The van der Waals surface area contributed by atoms with Gasteiger partial charge in [-0.25, -0.2) is 9.50 Å². The van der Waals surface area contributed by atoms with Crippen molar-refractivity contribution in [3.8, 4) is 0 Å². The molecule has 166 valence electrons. The van der Waals surface area contributed by atoms with Crippen LogP contribution in [0.15, 0.2) is 36.5 Å². The summed E-state index contributed by atoms with van der Waals surface area (Å²) in [6.07, 6.45) is -2.95. The van der Waals surface area contributed by atoms with Crippen LogP contribution in [0.2, 0.25) is 0 Å². The molecule has 4 aromatic rings. The van der Waals surface area contributed by atoms with Crippen LogP contribution in [0, 0.1) is 27.7 Å². The van der Waals surface area contributed by atoms with Crippen LogP contribution in [0.1, 0.15) is 44.3 Å². The number of rotatable bonds is 4. The molecule has 3 heterocycles. The maximum absolute atomic E-state index is 13.0. The van der Waals surface area contributed by atoms with Gasteiger partial charge >= 0.3 is 6.18 Å². The molecule has 7 nitrogen and oxygen atoms in total. The van der Waals surface area contributed by atoms with Crippen LogP contribution in [0.5, 0.6) is 0 Å². The Morgan fingerprint density at radius 3 is 2.59 bits per heavy atom. The summed E-state index contributed by atoms with van der Waals surface area (Å²) in [5.74, 6) is -0.387. The minimum Gasteiger partial charge on any atom is -0.319 e. The van der Waals surface area contributed by atoms with Crippen molar-refractivity contribution in [2.75, 3.05) is 5.32 Å². The van der Waals surface area contributed by atoms with E-state index in [1.165, 1.54) is 12.3 Å². The number of aromatic nitrogens is 5. The maximum atomic E-state index is 13.0. The van der Waals surface area contributed by atoms with E-state index in [9.17, 15) is 18.0 Å². The average Bonchev–Trinajstić information content (AvgIpc) is 3.24. The predicted molar refractivity (Wildman–Crippen MR) is 113 cm³/mol. The summed E-state index contributed by atoms with van der Waals surface area (Å²) in [6, 6.07) is 6.98. The lowest BCUT2D eigenvalue weighted by atomic mass is 10.1. The average molecular weight is 442 g/mol. The molecule has 4 rings (SSSR count). The number of nitrogens with one attached hydrogen (secondary N) is 1. The molecule has 10 heteroatoms. The van der Waals surface area contributed by atoms with Gasteiger partial charge in [0, 0.05) is 11.4 Å². The second-order valence-electron chi connectivity index (χ2n) is 7.69. The van der Waals surface area contributed by atoms with Gasteiger partial charge in [0.05, 0.1) is 35.4 Å². The summed E-state index contributed by atoms with van der Waals surface area (Å²) in [4.78, 5) is 17.4. The largest absolute Gasteiger partial charge is 0.416 e. The van der Waals surface area contributed by atoms with Crippen LogP contribution in [-0.2, 0) is 12.7 Å². The second-order valence-corrected chi connectivity index (χ2v) is 7.69. The first kappa shape index (κ1) is 21.5. The summed E-state index contributed by atoms with van der Waals surface area (Å²) >= 11 is 0. The first-order chi connectivity index (χ1) is 15.0. The lowest BCUT2D eigenvalue weighted by molar-refractivity contribution is -0.137. The normalized spacial score (nSPS) is 11.8. The zero-order chi connectivity index (χ0) is 23.2. The Labute approximate surface area is 181 Å². The number of fused-ring (bicyclic) bond motifs is 1. The standard InChI is InChI=1S/C22H21F3N6O/c1-12-8-13(2)31-20(27-12)18(10-26-31)21(32)28-19-14(3)29-30(15(19)4)11-16-6-5-7-17(9-16)22(23,24)25/h5-10H,11H2,1-4H3,(H,28,32). The molecule has 0 fully saturated rings. The van der Waals surface area contributed by atoms with Gasteiger partial charge in [0.25, 0.3) is 5.91 Å². The third-order valence-corrected chi connectivity index (χ3v) is 5.23. The molecule has 0 radical (unpaired) electrons. The molecule has 0 unspecified atom stereocenters. The van der Waals surface area contributed by atoms with Gasteiger partial charge in [0.1, 0.15) is 5.56 Å². The fourth-order valence-electron chi connectivity index (χ4n) is 3.66. The maximum Gasteiger partial charge on any atom is 0.416 e. The zero-order valence-electron chi connectivity index (χ0n) is 17.9. The lowest BCUT2D eigenvalue weighted by Crippen LogP contribution is -2.14. The summed E-state index contributed by atoms with van der Waals surface area (Å²) in [7, 11) is 0. The summed E-state index contributed by atoms with van der Waals surface area (Å²) < 4.78 is 42.2. The van der Waals surface area contributed by atoms with Crippen molar-refractivity contribution in [3.63, 3.8) is 0 Å². The third-order valence-electron chi connectivity index (χ3n) is 5.23. The Morgan fingerprint density at radius 1 is 1.12 bits per heavy atom. The first-order valence-corrected chi connectivity index (χ1v) is 9.88. The van der Waals surface area contributed by atoms with Crippen LogP contribution in [-0.4, -0.2) is 30.3 Å². The Hall–Kier alpha value is -3.69. The number of nitrogens with zero attached hydrogens (tertiary/aromatic N) is 5. The van der Waals surface area contributed by atoms with Crippen LogP contribution >= 0.6 is 0 Å². The number of carbonyl (C=O) groups excluding carboxylic acids is 1. The highest BCUT2D eigenvalue weighted by Gasteiger charge is 2.30. The molecule has 1 amide bonds. The first-order valence-electron chi connectivity index (χ1n) is 9.88. The fraction of sp³-hybridized carbons (Fsp3) is 0.273. The monoisotopic (exact) mass is 442 g/mol. The molecule has 1 N–H and O–H groups in total. The van der Waals surface area contributed by atoms with Crippen molar-refractivity contribution < 1.29 is 18.0 Å². The molecular weight excluding hydrogens is 421 g/mol. The number of benzene rings is 1. The van der Waals surface area contributed by atoms with E-state index in [0.717, 1.165) is 23.5 Å². The molecule has 0 saturated heterocycles. The molecule has 0 bridgehead atoms. The van der Waals surface area contributed by atoms with Crippen LogP contribution < -0.4 is 5.32 Å². The Morgan fingerprint density at radius 2 is 1.88 bits per heavy atom. The Bertz CT molecular complexity index is 1340. The van der Waals surface area contributed by atoms with Crippen molar-refractivity contribution in [1.29, 1.82) is 0 Å². The van der Waals surface area contributed by atoms with Crippen molar-refractivity contribution >= 4 is 17.2 Å². The third kappa shape index (κ3) is 3.95. The van der Waals surface area contributed by atoms with Gasteiger partial charge < -0.3 is 5.32 Å². The van der Waals surface area contributed by atoms with E-state index in [0.29, 0.717) is 33.8 Å². The van der Waals surface area contributed by atoms with E-state index >= 15 is 0 Å². The molecule has 32 heavy (non-hydrogen) atoms. The van der Waals surface area contributed by atoms with Gasteiger partial charge in [0.2, 0.25) is 0 Å². The van der Waals surface area contributed by atoms with E-state index < -0.39 is 11.7 Å². The Kier molecular flexibility index (Phi) is 5.23. The molecule has 0 spiro atoms. The SMILES string of the molecule is Cc1cc(C)n2ncc(C(=O)Nc3c(C)nn(Cc4cccc(C(F)(F)F)c4)c3C)c2n1. The highest BCUT2D eigenvalue weighted by Crippen LogP contribution is 2.30. The molecule has 0 aliphatic carbocycles. The van der Waals surface area contributed by atoms with E-state index in [-0.39, 0.29) is 12.5 Å². The topological polar surface area (TPSA) is 77.1 Å². The van der Waals surface area contributed by atoms with E-state index in [4.69, 9.17) is 0 Å². The lowest BCUT2D eigenvalue weighted by Gasteiger charge is -2.10. The van der Waals surface area contributed by atoms with Crippen LogP contribution in [0.25, 0.3) is 5.65 Å². The van der Waals surface area contributed by atoms with Crippen LogP contribution in [0.4, 0.5) is 18.9 Å². The van der Waals surface area contributed by atoms with Crippen LogP contribution in [0.3, 0.4) is 0 Å². The summed E-state index contributed by atoms with van der Waals surface area (Å²) in [5, 5.41) is 11.5. The van der Waals surface area contributed by atoms with Crippen molar-refractivity contribution in [3.05, 3.63) is 76.0 Å². The molecule has 0 aliphatic heterocycles. The van der Waals surface area contributed by atoms with Crippen molar-refractivity contribution in [1.82, 2.24) is 24.4 Å². The quantitative estimate of drug-likeness (QED) is 0.506. The van der Waals surface area contributed by atoms with Gasteiger partial charge in [-0.05, 0) is 51.5 Å². The van der Waals surface area contributed by atoms with Crippen molar-refractivity contribution in [2.45, 2.75) is 40.4 Å². The number of carbonyl (C=O) groups is 1. The molecule has 1 aromatic carbocycles. The van der Waals surface area contributed by atoms with E-state index in [1.807, 2.05) is 19.9 Å². The Balaban J connectivity index is 1.61. The summed E-state index contributed by atoms with van der Waals surface area (Å²) in [6.45, 7) is 7.35. The minimum absolute atomic E-state index is 0.142. The minimum atomic E-state index is -4.41. The molecule has 3 aromatic heterocycles. The zero-order valence-corrected chi connectivity index (χ0v) is 17.9. The number of alkyl halides is 3. The smallest absolute Gasteiger partial charge is 0.319 e. The van der Waals surface area contributed by atoms with Gasteiger partial charge in [-0.2, -0.15) is 23.4 Å². The highest BCUT2D eigenvalue weighted by molar-refractivity contribution is 6.08. The van der Waals surface area contributed by atoms with E-state index in [1.54, 1.807) is 29.1 Å². The number of aryl methyl sites for hydroxylation is 3. The number of hydrogen-bond donors (Lipinski definition) is 1. The van der Waals surface area contributed by atoms with Gasteiger partial charge in [-0.3, -0.25) is 9.48 Å². The number of halogens is 3. The number of hydrogen-bond acceptors (Lipinski definition) is 4. The number of anilines is 1. The fourth-order valence-corrected chi connectivity index (χ4v) is 3.66. The highest BCUT2D eigenvalue weighted by atomic mass is 19.4. The number of amides is 1. The van der Waals surface area contributed by atoms with Crippen molar-refractivity contribution in [2.24, 2.45) is 0 Å². The van der Waals surface area contributed by atoms with Gasteiger partial charge in [0.15, 0.2) is 5.65 Å². The van der Waals surface area contributed by atoms with E-state index in [2.05, 4.69) is 20.5 Å². The second kappa shape index (κ2) is 7.77. The molecule has 0 aliphatic rings. The molecule has 0 saturated carbocycles. The molecular formula is C22H21F3N6O. The van der Waals surface area contributed by atoms with Gasteiger partial charge in [-0.1, -0.05) is 12.1 Å².